The van der Waals surface area contributed by atoms with Crippen LogP contribution in [0.2, 0.25) is 0 Å². The number of rotatable bonds is 7. The van der Waals surface area contributed by atoms with Crippen LogP contribution in [0.15, 0.2) is 24.3 Å². The van der Waals surface area contributed by atoms with E-state index in [9.17, 15) is 9.59 Å². The van der Waals surface area contributed by atoms with Gasteiger partial charge in [-0.15, -0.1) is 11.6 Å². The molecule has 0 aromatic heterocycles. The number of hydrogen-bond acceptors (Lipinski definition) is 2. The van der Waals surface area contributed by atoms with Gasteiger partial charge in [0.2, 0.25) is 5.91 Å². The zero-order valence-corrected chi connectivity index (χ0v) is 12.2. The minimum atomic E-state index is -0.584. The predicted molar refractivity (Wildman–Crippen MR) is 77.3 cm³/mol. The van der Waals surface area contributed by atoms with Gasteiger partial charge in [0.15, 0.2) is 5.78 Å². The zero-order valence-electron chi connectivity index (χ0n) is 11.4. The first-order chi connectivity index (χ1) is 9.10. The zero-order chi connectivity index (χ0) is 14.3. The van der Waals surface area contributed by atoms with E-state index in [2.05, 4.69) is 5.32 Å². The first-order valence-corrected chi connectivity index (χ1v) is 7.07. The number of alkyl halides is 1. The second-order valence-corrected chi connectivity index (χ2v) is 4.83. The molecule has 0 radical (unpaired) electrons. The fourth-order valence-electron chi connectivity index (χ4n) is 1.94. The Hall–Kier alpha value is -1.35. The SMILES string of the molecule is CCCCC(=O)C(NC(=O)CCl)c1ccccc1C. The third kappa shape index (κ3) is 4.67. The van der Waals surface area contributed by atoms with Gasteiger partial charge in [-0.05, 0) is 24.5 Å². The Morgan fingerprint density at radius 1 is 1.32 bits per heavy atom. The number of ketones is 1. The van der Waals surface area contributed by atoms with Crippen molar-refractivity contribution in [3.63, 3.8) is 0 Å². The van der Waals surface area contributed by atoms with Gasteiger partial charge < -0.3 is 5.32 Å². The molecule has 1 amide bonds. The van der Waals surface area contributed by atoms with Crippen molar-refractivity contribution in [2.24, 2.45) is 0 Å². The molecule has 0 fully saturated rings. The van der Waals surface area contributed by atoms with E-state index in [1.807, 2.05) is 38.1 Å². The number of carbonyl (C=O) groups is 2. The Morgan fingerprint density at radius 3 is 2.58 bits per heavy atom. The summed E-state index contributed by atoms with van der Waals surface area (Å²) in [7, 11) is 0. The second kappa shape index (κ2) is 7.95. The molecule has 4 heteroatoms. The Bertz CT molecular complexity index is 446. The molecule has 0 heterocycles. The Kier molecular flexibility index (Phi) is 6.57. The average Bonchev–Trinajstić information content (AvgIpc) is 2.42. The van der Waals surface area contributed by atoms with Crippen LogP contribution in [0.25, 0.3) is 0 Å². The molecule has 1 aromatic carbocycles. The molecule has 1 rings (SSSR count). The van der Waals surface area contributed by atoms with Crippen LogP contribution in [-0.2, 0) is 9.59 Å². The minimum Gasteiger partial charge on any atom is -0.341 e. The molecule has 0 aliphatic heterocycles. The number of hydrogen-bond donors (Lipinski definition) is 1. The third-order valence-corrected chi connectivity index (χ3v) is 3.27. The van der Waals surface area contributed by atoms with Crippen molar-refractivity contribution < 1.29 is 9.59 Å². The summed E-state index contributed by atoms with van der Waals surface area (Å²) in [5, 5.41) is 2.71. The monoisotopic (exact) mass is 281 g/mol. The average molecular weight is 282 g/mol. The highest BCUT2D eigenvalue weighted by Gasteiger charge is 2.22. The largest absolute Gasteiger partial charge is 0.341 e. The lowest BCUT2D eigenvalue weighted by atomic mass is 9.95. The molecule has 1 aromatic rings. The van der Waals surface area contributed by atoms with Gasteiger partial charge in [-0.25, -0.2) is 0 Å². The van der Waals surface area contributed by atoms with E-state index < -0.39 is 6.04 Å². The molecule has 0 saturated carbocycles. The fraction of sp³-hybridized carbons (Fsp3) is 0.467. The van der Waals surface area contributed by atoms with Crippen molar-refractivity contribution in [2.75, 3.05) is 5.88 Å². The topological polar surface area (TPSA) is 46.2 Å². The molecule has 1 unspecified atom stereocenters. The van der Waals surface area contributed by atoms with Crippen molar-refractivity contribution in [3.8, 4) is 0 Å². The minimum absolute atomic E-state index is 0.0367. The summed E-state index contributed by atoms with van der Waals surface area (Å²) in [5.74, 6) is -0.418. The molecule has 0 saturated heterocycles. The maximum atomic E-state index is 12.2. The predicted octanol–water partition coefficient (Wildman–Crippen LogP) is 3.15. The summed E-state index contributed by atoms with van der Waals surface area (Å²) < 4.78 is 0. The Balaban J connectivity index is 2.95. The second-order valence-electron chi connectivity index (χ2n) is 4.56. The number of unbranched alkanes of at least 4 members (excludes halogenated alkanes) is 1. The van der Waals surface area contributed by atoms with Crippen molar-refractivity contribution in [1.29, 1.82) is 0 Å². The first kappa shape index (κ1) is 15.7. The van der Waals surface area contributed by atoms with Crippen molar-refractivity contribution in [3.05, 3.63) is 35.4 Å². The highest BCUT2D eigenvalue weighted by atomic mass is 35.5. The smallest absolute Gasteiger partial charge is 0.235 e. The molecule has 104 valence electrons. The Labute approximate surface area is 119 Å². The van der Waals surface area contributed by atoms with Crippen molar-refractivity contribution >= 4 is 23.3 Å². The Morgan fingerprint density at radius 2 is 2.00 bits per heavy atom. The molecule has 1 atom stereocenters. The lowest BCUT2D eigenvalue weighted by Crippen LogP contribution is -2.35. The van der Waals surface area contributed by atoms with Gasteiger partial charge >= 0.3 is 0 Å². The number of halogens is 1. The summed E-state index contributed by atoms with van der Waals surface area (Å²) >= 11 is 5.51. The molecular formula is C15H20ClNO2. The van der Waals surface area contributed by atoms with E-state index in [0.717, 1.165) is 24.0 Å². The van der Waals surface area contributed by atoms with Crippen LogP contribution in [0.1, 0.15) is 43.4 Å². The van der Waals surface area contributed by atoms with Gasteiger partial charge in [0.05, 0.1) is 0 Å². The maximum Gasteiger partial charge on any atom is 0.235 e. The number of amides is 1. The lowest BCUT2D eigenvalue weighted by Gasteiger charge is -2.19. The van der Waals surface area contributed by atoms with Gasteiger partial charge in [-0.3, -0.25) is 9.59 Å². The highest BCUT2D eigenvalue weighted by Crippen LogP contribution is 2.20. The standard InChI is InChI=1S/C15H20ClNO2/c1-3-4-9-13(18)15(17-14(19)10-16)12-8-6-5-7-11(12)2/h5-8,15H,3-4,9-10H2,1-2H3,(H,17,19). The molecule has 19 heavy (non-hydrogen) atoms. The molecule has 0 aliphatic rings. The van der Waals surface area contributed by atoms with E-state index in [1.165, 1.54) is 0 Å². The van der Waals surface area contributed by atoms with Gasteiger partial charge in [0.1, 0.15) is 11.9 Å². The number of benzene rings is 1. The quantitative estimate of drug-likeness (QED) is 0.781. The van der Waals surface area contributed by atoms with Crippen LogP contribution >= 0.6 is 11.6 Å². The number of carbonyl (C=O) groups excluding carboxylic acids is 2. The van der Waals surface area contributed by atoms with Crippen LogP contribution < -0.4 is 5.32 Å². The van der Waals surface area contributed by atoms with Gasteiger partial charge in [-0.1, -0.05) is 37.6 Å². The van der Waals surface area contributed by atoms with E-state index in [1.54, 1.807) is 0 Å². The van der Waals surface area contributed by atoms with Crippen LogP contribution in [0, 0.1) is 6.92 Å². The van der Waals surface area contributed by atoms with Crippen LogP contribution in [0.5, 0.6) is 0 Å². The fourth-order valence-corrected chi connectivity index (χ4v) is 2.01. The summed E-state index contributed by atoms with van der Waals surface area (Å²) in [4.78, 5) is 23.7. The molecular weight excluding hydrogens is 262 g/mol. The first-order valence-electron chi connectivity index (χ1n) is 6.53. The normalized spacial score (nSPS) is 11.9. The van der Waals surface area contributed by atoms with Crippen molar-refractivity contribution in [2.45, 2.75) is 39.2 Å². The number of nitrogens with one attached hydrogen (secondary N) is 1. The highest BCUT2D eigenvalue weighted by molar-refractivity contribution is 6.27. The number of aryl methyl sites for hydroxylation is 1. The molecule has 3 nitrogen and oxygen atoms in total. The van der Waals surface area contributed by atoms with Gasteiger partial charge in [-0.2, -0.15) is 0 Å². The molecule has 1 N–H and O–H groups in total. The molecule has 0 aliphatic carbocycles. The van der Waals surface area contributed by atoms with Gasteiger partial charge in [0, 0.05) is 6.42 Å². The molecule has 0 bridgehead atoms. The van der Waals surface area contributed by atoms with Crippen LogP contribution in [0.3, 0.4) is 0 Å². The van der Waals surface area contributed by atoms with E-state index >= 15 is 0 Å². The third-order valence-electron chi connectivity index (χ3n) is 3.02. The van der Waals surface area contributed by atoms with E-state index in [-0.39, 0.29) is 17.6 Å². The summed E-state index contributed by atoms with van der Waals surface area (Å²) in [6.07, 6.45) is 2.26. The van der Waals surface area contributed by atoms with Gasteiger partial charge in [0.25, 0.3) is 0 Å². The van der Waals surface area contributed by atoms with E-state index in [0.29, 0.717) is 6.42 Å². The number of Topliss-reactive ketones (excluding diaryl/α,β-unsaturated/α-hetero) is 1. The van der Waals surface area contributed by atoms with Crippen LogP contribution in [0.4, 0.5) is 0 Å². The summed E-state index contributed by atoms with van der Waals surface area (Å²) in [5.41, 5.74) is 1.84. The summed E-state index contributed by atoms with van der Waals surface area (Å²) in [6.45, 7) is 3.97. The van der Waals surface area contributed by atoms with E-state index in [4.69, 9.17) is 11.6 Å². The summed E-state index contributed by atoms with van der Waals surface area (Å²) in [6, 6.07) is 7.00. The molecule has 0 spiro atoms. The van der Waals surface area contributed by atoms with Crippen molar-refractivity contribution in [1.82, 2.24) is 5.32 Å². The van der Waals surface area contributed by atoms with Crippen LogP contribution in [-0.4, -0.2) is 17.6 Å². The maximum absolute atomic E-state index is 12.2. The lowest BCUT2D eigenvalue weighted by molar-refractivity contribution is -0.126.